The lowest BCUT2D eigenvalue weighted by molar-refractivity contribution is 0.0963. The van der Waals surface area contributed by atoms with Gasteiger partial charge in [-0.05, 0) is 55.3 Å². The lowest BCUT2D eigenvalue weighted by Crippen LogP contribution is -2.17. The zero-order valence-electron chi connectivity index (χ0n) is 11.9. The van der Waals surface area contributed by atoms with Crippen LogP contribution in [0.4, 0.5) is 5.69 Å². The van der Waals surface area contributed by atoms with Crippen molar-refractivity contribution in [2.75, 3.05) is 12.8 Å². The van der Waals surface area contributed by atoms with Gasteiger partial charge in [0.25, 0.3) is 5.91 Å². The normalized spacial score (nSPS) is 10.3. The number of nitrogens with two attached hydrogens (primary N) is 1. The molecular formula is C16H18N2OS. The maximum atomic E-state index is 11.5. The average molecular weight is 286 g/mol. The minimum absolute atomic E-state index is 0.126. The lowest BCUT2D eigenvalue weighted by atomic mass is 10.1. The maximum absolute atomic E-state index is 11.5. The first-order chi connectivity index (χ1) is 9.51. The molecule has 0 radical (unpaired) electrons. The van der Waals surface area contributed by atoms with Crippen LogP contribution in [0.25, 0.3) is 0 Å². The summed E-state index contributed by atoms with van der Waals surface area (Å²) >= 11 is 1.61. The van der Waals surface area contributed by atoms with Gasteiger partial charge in [-0.25, -0.2) is 0 Å². The van der Waals surface area contributed by atoms with Crippen LogP contribution in [-0.4, -0.2) is 13.0 Å². The Bertz CT molecular complexity index is 653. The summed E-state index contributed by atoms with van der Waals surface area (Å²) in [6, 6.07) is 11.7. The van der Waals surface area contributed by atoms with Crippen LogP contribution in [0.15, 0.2) is 46.2 Å². The van der Waals surface area contributed by atoms with Crippen molar-refractivity contribution in [3.63, 3.8) is 0 Å². The van der Waals surface area contributed by atoms with Gasteiger partial charge >= 0.3 is 0 Å². The fraction of sp³-hybridized carbons (Fsp3) is 0.188. The predicted octanol–water partition coefficient (Wildman–Crippen LogP) is 3.40. The van der Waals surface area contributed by atoms with Crippen molar-refractivity contribution in [1.82, 2.24) is 5.32 Å². The molecular weight excluding hydrogens is 268 g/mol. The van der Waals surface area contributed by atoms with E-state index in [4.69, 9.17) is 5.73 Å². The molecule has 104 valence electrons. The number of nitrogen functional groups attached to an aromatic ring is 1. The summed E-state index contributed by atoms with van der Waals surface area (Å²) < 4.78 is 0. The molecule has 0 heterocycles. The second kappa shape index (κ2) is 6.01. The summed E-state index contributed by atoms with van der Waals surface area (Å²) in [6.45, 7) is 4.19. The number of amides is 1. The van der Waals surface area contributed by atoms with E-state index in [9.17, 15) is 4.79 Å². The van der Waals surface area contributed by atoms with Gasteiger partial charge in [-0.1, -0.05) is 17.8 Å². The molecule has 1 amide bonds. The van der Waals surface area contributed by atoms with Crippen molar-refractivity contribution in [2.45, 2.75) is 23.6 Å². The van der Waals surface area contributed by atoms with Crippen LogP contribution in [-0.2, 0) is 0 Å². The number of hydrogen-bond acceptors (Lipinski definition) is 3. The first kappa shape index (κ1) is 14.5. The van der Waals surface area contributed by atoms with E-state index in [0.717, 1.165) is 9.79 Å². The molecule has 0 fully saturated rings. The Labute approximate surface area is 123 Å². The Morgan fingerprint density at radius 2 is 1.85 bits per heavy atom. The van der Waals surface area contributed by atoms with Gasteiger partial charge in [0.2, 0.25) is 0 Å². The van der Waals surface area contributed by atoms with E-state index in [0.29, 0.717) is 11.3 Å². The van der Waals surface area contributed by atoms with Crippen molar-refractivity contribution in [2.24, 2.45) is 0 Å². The Morgan fingerprint density at radius 3 is 2.45 bits per heavy atom. The topological polar surface area (TPSA) is 55.1 Å². The van der Waals surface area contributed by atoms with E-state index >= 15 is 0 Å². The van der Waals surface area contributed by atoms with E-state index in [2.05, 4.69) is 37.4 Å². The molecule has 0 unspecified atom stereocenters. The van der Waals surface area contributed by atoms with Crippen molar-refractivity contribution < 1.29 is 4.79 Å². The largest absolute Gasteiger partial charge is 0.398 e. The smallest absolute Gasteiger partial charge is 0.251 e. The lowest BCUT2D eigenvalue weighted by Gasteiger charge is -2.09. The second-order valence-corrected chi connectivity index (χ2v) is 5.80. The molecule has 0 aliphatic rings. The number of benzene rings is 2. The molecule has 0 aliphatic carbocycles. The van der Waals surface area contributed by atoms with Crippen LogP contribution < -0.4 is 11.1 Å². The summed E-state index contributed by atoms with van der Waals surface area (Å²) in [5.41, 5.74) is 9.76. The van der Waals surface area contributed by atoms with Gasteiger partial charge in [-0.2, -0.15) is 0 Å². The van der Waals surface area contributed by atoms with Gasteiger partial charge in [-0.15, -0.1) is 0 Å². The van der Waals surface area contributed by atoms with Gasteiger partial charge in [-0.3, -0.25) is 4.79 Å². The van der Waals surface area contributed by atoms with Gasteiger partial charge in [0.15, 0.2) is 0 Å². The molecule has 3 N–H and O–H groups in total. The van der Waals surface area contributed by atoms with Gasteiger partial charge in [0, 0.05) is 28.1 Å². The average Bonchev–Trinajstić information content (AvgIpc) is 2.44. The van der Waals surface area contributed by atoms with Crippen LogP contribution in [0.1, 0.15) is 21.5 Å². The highest BCUT2D eigenvalue weighted by Gasteiger charge is 2.08. The van der Waals surface area contributed by atoms with E-state index in [1.165, 1.54) is 11.1 Å². The highest BCUT2D eigenvalue weighted by Crippen LogP contribution is 2.33. The Kier molecular flexibility index (Phi) is 4.35. The van der Waals surface area contributed by atoms with Gasteiger partial charge in [0.05, 0.1) is 0 Å². The maximum Gasteiger partial charge on any atom is 0.251 e. The zero-order valence-corrected chi connectivity index (χ0v) is 12.7. The van der Waals surface area contributed by atoms with E-state index in [1.54, 1.807) is 30.9 Å². The SMILES string of the molecule is CNC(=O)c1ccc(Sc2ccc(C)c(C)c2)c(N)c1. The number of carbonyl (C=O) groups is 1. The molecule has 0 bridgehead atoms. The van der Waals surface area contributed by atoms with E-state index < -0.39 is 0 Å². The molecule has 2 aromatic rings. The molecule has 3 nitrogen and oxygen atoms in total. The third-order valence-electron chi connectivity index (χ3n) is 3.21. The summed E-state index contributed by atoms with van der Waals surface area (Å²) in [5, 5.41) is 2.59. The molecule has 0 aliphatic heterocycles. The highest BCUT2D eigenvalue weighted by atomic mass is 32.2. The molecule has 4 heteroatoms. The molecule has 0 saturated heterocycles. The number of rotatable bonds is 3. The summed E-state index contributed by atoms with van der Waals surface area (Å²) in [4.78, 5) is 13.6. The predicted molar refractivity (Wildman–Crippen MR) is 84.3 cm³/mol. The van der Waals surface area contributed by atoms with Gasteiger partial charge < -0.3 is 11.1 Å². The van der Waals surface area contributed by atoms with Crippen molar-refractivity contribution >= 4 is 23.4 Å². The van der Waals surface area contributed by atoms with E-state index in [1.807, 2.05) is 6.07 Å². The molecule has 2 aromatic carbocycles. The Morgan fingerprint density at radius 1 is 1.10 bits per heavy atom. The van der Waals surface area contributed by atoms with Crippen molar-refractivity contribution in [3.8, 4) is 0 Å². The molecule has 0 spiro atoms. The number of carbonyl (C=O) groups excluding carboxylic acids is 1. The summed E-state index contributed by atoms with van der Waals surface area (Å²) in [6.07, 6.45) is 0. The van der Waals surface area contributed by atoms with Crippen LogP contribution >= 0.6 is 11.8 Å². The van der Waals surface area contributed by atoms with Gasteiger partial charge in [0.1, 0.15) is 0 Å². The minimum atomic E-state index is -0.126. The molecule has 2 rings (SSSR count). The van der Waals surface area contributed by atoms with Crippen molar-refractivity contribution in [1.29, 1.82) is 0 Å². The summed E-state index contributed by atoms with van der Waals surface area (Å²) in [5.74, 6) is -0.126. The number of hydrogen-bond donors (Lipinski definition) is 2. The zero-order chi connectivity index (χ0) is 14.7. The monoisotopic (exact) mass is 286 g/mol. The fourth-order valence-electron chi connectivity index (χ4n) is 1.83. The molecule has 0 aromatic heterocycles. The van der Waals surface area contributed by atoms with Crippen LogP contribution in [0.5, 0.6) is 0 Å². The summed E-state index contributed by atoms with van der Waals surface area (Å²) in [7, 11) is 1.61. The standard InChI is InChI=1S/C16H18N2OS/c1-10-4-6-13(8-11(10)2)20-15-7-5-12(9-14(15)17)16(19)18-3/h4-9H,17H2,1-3H3,(H,18,19). The minimum Gasteiger partial charge on any atom is -0.398 e. The third-order valence-corrected chi connectivity index (χ3v) is 4.29. The number of aryl methyl sites for hydroxylation is 2. The fourth-order valence-corrected chi connectivity index (χ4v) is 2.77. The number of nitrogens with one attached hydrogen (secondary N) is 1. The second-order valence-electron chi connectivity index (χ2n) is 4.68. The first-order valence-corrected chi connectivity index (χ1v) is 7.19. The van der Waals surface area contributed by atoms with Crippen molar-refractivity contribution in [3.05, 3.63) is 53.1 Å². The van der Waals surface area contributed by atoms with E-state index in [-0.39, 0.29) is 5.91 Å². The molecule has 0 atom stereocenters. The Hall–Kier alpha value is -1.94. The number of anilines is 1. The highest BCUT2D eigenvalue weighted by molar-refractivity contribution is 7.99. The molecule has 20 heavy (non-hydrogen) atoms. The van der Waals surface area contributed by atoms with Crippen LogP contribution in [0.3, 0.4) is 0 Å². The quantitative estimate of drug-likeness (QED) is 0.850. The van der Waals surface area contributed by atoms with Crippen LogP contribution in [0, 0.1) is 13.8 Å². The van der Waals surface area contributed by atoms with Crippen LogP contribution in [0.2, 0.25) is 0 Å². The first-order valence-electron chi connectivity index (χ1n) is 6.38. The Balaban J connectivity index is 2.25. The third kappa shape index (κ3) is 3.14. The molecule has 0 saturated carbocycles.